The molecule has 0 saturated carbocycles. The summed E-state index contributed by atoms with van der Waals surface area (Å²) in [6.45, 7) is 3.65. The summed E-state index contributed by atoms with van der Waals surface area (Å²) in [7, 11) is 3.59. The Morgan fingerprint density at radius 3 is 2.65 bits per heavy atom. The summed E-state index contributed by atoms with van der Waals surface area (Å²) in [6.07, 6.45) is 0.955. The Morgan fingerprint density at radius 2 is 2.04 bits per heavy atom. The van der Waals surface area contributed by atoms with Crippen LogP contribution >= 0.6 is 0 Å². The topological polar surface area (TPSA) is 72.8 Å². The Morgan fingerprint density at radius 1 is 1.31 bits per heavy atom. The van der Waals surface area contributed by atoms with Crippen LogP contribution in [-0.2, 0) is 11.8 Å². The second-order valence-corrected chi connectivity index (χ2v) is 7.12. The van der Waals surface area contributed by atoms with E-state index in [4.69, 9.17) is 9.47 Å². The van der Waals surface area contributed by atoms with E-state index in [1.165, 1.54) is 0 Å². The first-order chi connectivity index (χ1) is 12.4. The van der Waals surface area contributed by atoms with Crippen molar-refractivity contribution in [2.75, 3.05) is 26.7 Å². The van der Waals surface area contributed by atoms with Gasteiger partial charge in [0.15, 0.2) is 0 Å². The van der Waals surface area contributed by atoms with Crippen LogP contribution in [0.4, 0.5) is 4.79 Å². The van der Waals surface area contributed by atoms with Crippen molar-refractivity contribution in [1.82, 2.24) is 14.8 Å². The zero-order chi connectivity index (χ0) is 18.5. The van der Waals surface area contributed by atoms with E-state index >= 15 is 0 Å². The number of amides is 2. The Hall–Kier alpha value is -2.70. The molecule has 1 spiro atoms. The minimum Gasteiger partial charge on any atom is -0.497 e. The van der Waals surface area contributed by atoms with Crippen molar-refractivity contribution in [3.05, 3.63) is 29.5 Å². The molecule has 1 N–H and O–H groups in total. The number of piperidine rings is 1. The summed E-state index contributed by atoms with van der Waals surface area (Å²) in [5.41, 5.74) is 2.21. The lowest BCUT2D eigenvalue weighted by Gasteiger charge is -2.37. The average molecular weight is 357 g/mol. The molecule has 2 aliphatic heterocycles. The van der Waals surface area contributed by atoms with Crippen molar-refractivity contribution in [2.24, 2.45) is 7.05 Å². The molecule has 26 heavy (non-hydrogen) atoms. The number of alkyl carbamates (subject to hydrolysis) is 1. The number of carbonyl (C=O) groups is 2. The molecule has 0 atom stereocenters. The van der Waals surface area contributed by atoms with Gasteiger partial charge < -0.3 is 24.3 Å². The van der Waals surface area contributed by atoms with E-state index in [1.807, 2.05) is 41.6 Å². The molecule has 1 aromatic heterocycles. The number of likely N-dealkylation sites (tertiary alicyclic amines) is 1. The summed E-state index contributed by atoms with van der Waals surface area (Å²) in [4.78, 5) is 26.5. The van der Waals surface area contributed by atoms with Crippen LogP contribution in [0.2, 0.25) is 0 Å². The number of ether oxygens (including phenoxy) is 2. The number of aryl methyl sites for hydroxylation is 1. The predicted octanol–water partition coefficient (Wildman–Crippen LogP) is 2.21. The highest BCUT2D eigenvalue weighted by molar-refractivity contribution is 6.08. The molecule has 0 unspecified atom stereocenters. The molecule has 2 aliphatic rings. The maximum Gasteiger partial charge on any atom is 0.407 e. The van der Waals surface area contributed by atoms with Gasteiger partial charge in [0.25, 0.3) is 5.91 Å². The molecule has 7 nitrogen and oxygen atoms in total. The third-order valence-corrected chi connectivity index (χ3v) is 5.74. The molecule has 2 amide bonds. The van der Waals surface area contributed by atoms with Crippen LogP contribution in [0.25, 0.3) is 10.9 Å². The van der Waals surface area contributed by atoms with Crippen LogP contribution in [0.1, 0.15) is 28.9 Å². The van der Waals surface area contributed by atoms with Gasteiger partial charge in [0.05, 0.1) is 19.2 Å². The van der Waals surface area contributed by atoms with E-state index in [-0.39, 0.29) is 12.0 Å². The summed E-state index contributed by atoms with van der Waals surface area (Å²) in [5, 5.41) is 3.63. The third-order valence-electron chi connectivity index (χ3n) is 5.74. The Balaban J connectivity index is 1.63. The van der Waals surface area contributed by atoms with Crippen LogP contribution in [0, 0.1) is 6.92 Å². The largest absolute Gasteiger partial charge is 0.497 e. The monoisotopic (exact) mass is 357 g/mol. The molecule has 0 bridgehead atoms. The second-order valence-electron chi connectivity index (χ2n) is 7.12. The maximum atomic E-state index is 13.3. The number of nitrogens with one attached hydrogen (secondary N) is 1. The van der Waals surface area contributed by atoms with Crippen LogP contribution in [-0.4, -0.2) is 53.8 Å². The molecule has 0 aliphatic carbocycles. The molecule has 7 heteroatoms. The number of rotatable bonds is 2. The van der Waals surface area contributed by atoms with Gasteiger partial charge in [0.2, 0.25) is 0 Å². The van der Waals surface area contributed by atoms with E-state index in [0.717, 1.165) is 27.9 Å². The number of fused-ring (bicyclic) bond motifs is 1. The average Bonchev–Trinajstić information content (AvgIpc) is 3.12. The maximum absolute atomic E-state index is 13.3. The zero-order valence-corrected chi connectivity index (χ0v) is 15.3. The van der Waals surface area contributed by atoms with Gasteiger partial charge in [-0.25, -0.2) is 4.79 Å². The highest BCUT2D eigenvalue weighted by Crippen LogP contribution is 2.33. The van der Waals surface area contributed by atoms with Gasteiger partial charge in [0, 0.05) is 49.6 Å². The van der Waals surface area contributed by atoms with E-state index in [1.54, 1.807) is 7.11 Å². The lowest BCUT2D eigenvalue weighted by Crippen LogP contribution is -2.48. The van der Waals surface area contributed by atoms with Gasteiger partial charge in [0.1, 0.15) is 11.4 Å². The highest BCUT2D eigenvalue weighted by atomic mass is 16.6. The number of aromatic nitrogens is 1. The first-order valence-electron chi connectivity index (χ1n) is 8.83. The van der Waals surface area contributed by atoms with Crippen LogP contribution in [0.5, 0.6) is 5.75 Å². The summed E-state index contributed by atoms with van der Waals surface area (Å²) in [5.74, 6) is 0.757. The van der Waals surface area contributed by atoms with Crippen LogP contribution in [0.3, 0.4) is 0 Å². The first kappa shape index (κ1) is 16.8. The lowest BCUT2D eigenvalue weighted by molar-refractivity contribution is 0.00335. The number of hydrogen-bond acceptors (Lipinski definition) is 4. The molecule has 2 aromatic rings. The SMILES string of the molecule is COc1ccc2c(c1)c(C(=O)N1CCC3(CC1)CNC(=O)O3)c(C)n2C. The fraction of sp³-hybridized carbons (Fsp3) is 0.474. The molecule has 2 fully saturated rings. The Labute approximate surface area is 151 Å². The molecule has 2 saturated heterocycles. The molecule has 3 heterocycles. The fourth-order valence-corrected chi connectivity index (χ4v) is 4.00. The Bertz CT molecular complexity index is 894. The van der Waals surface area contributed by atoms with E-state index in [0.29, 0.717) is 32.5 Å². The number of hydrogen-bond donors (Lipinski definition) is 1. The van der Waals surface area contributed by atoms with E-state index < -0.39 is 5.60 Å². The summed E-state index contributed by atoms with van der Waals surface area (Å²) >= 11 is 0. The van der Waals surface area contributed by atoms with Crippen molar-refractivity contribution in [3.63, 3.8) is 0 Å². The van der Waals surface area contributed by atoms with Gasteiger partial charge >= 0.3 is 6.09 Å². The third kappa shape index (κ3) is 2.50. The summed E-state index contributed by atoms with van der Waals surface area (Å²) in [6, 6.07) is 5.80. The standard InChI is InChI=1S/C19H23N3O4/c1-12-16(14-10-13(25-3)4-5-15(14)21(12)2)17(23)22-8-6-19(7-9-22)11-20-18(24)26-19/h4-5,10H,6-9,11H2,1-3H3,(H,20,24). The molecule has 138 valence electrons. The predicted molar refractivity (Wildman–Crippen MR) is 96.6 cm³/mol. The smallest absolute Gasteiger partial charge is 0.407 e. The van der Waals surface area contributed by atoms with Crippen molar-refractivity contribution in [2.45, 2.75) is 25.4 Å². The zero-order valence-electron chi connectivity index (χ0n) is 15.3. The Kier molecular flexibility index (Phi) is 3.82. The number of carbonyl (C=O) groups excluding carboxylic acids is 2. The van der Waals surface area contributed by atoms with E-state index in [9.17, 15) is 9.59 Å². The second kappa shape index (κ2) is 5.93. The van der Waals surface area contributed by atoms with Crippen molar-refractivity contribution in [3.8, 4) is 5.75 Å². The van der Waals surface area contributed by atoms with Crippen molar-refractivity contribution in [1.29, 1.82) is 0 Å². The van der Waals surface area contributed by atoms with Crippen molar-refractivity contribution < 1.29 is 19.1 Å². The van der Waals surface area contributed by atoms with Gasteiger partial charge in [-0.05, 0) is 25.1 Å². The number of benzene rings is 1. The molecular formula is C19H23N3O4. The molecular weight excluding hydrogens is 334 g/mol. The normalized spacial score (nSPS) is 18.9. The van der Waals surface area contributed by atoms with Crippen LogP contribution < -0.4 is 10.1 Å². The fourth-order valence-electron chi connectivity index (χ4n) is 4.00. The molecule has 0 radical (unpaired) electrons. The van der Waals surface area contributed by atoms with E-state index in [2.05, 4.69) is 5.32 Å². The molecule has 4 rings (SSSR count). The van der Waals surface area contributed by atoms with Gasteiger partial charge in [-0.2, -0.15) is 0 Å². The minimum atomic E-state index is -0.453. The van der Waals surface area contributed by atoms with Crippen LogP contribution in [0.15, 0.2) is 18.2 Å². The highest BCUT2D eigenvalue weighted by Gasteiger charge is 2.44. The van der Waals surface area contributed by atoms with Gasteiger partial charge in [-0.15, -0.1) is 0 Å². The number of nitrogens with zero attached hydrogens (tertiary/aromatic N) is 2. The van der Waals surface area contributed by atoms with Crippen molar-refractivity contribution >= 4 is 22.9 Å². The summed E-state index contributed by atoms with van der Waals surface area (Å²) < 4.78 is 12.8. The van der Waals surface area contributed by atoms with Gasteiger partial charge in [-0.1, -0.05) is 0 Å². The molecule has 1 aromatic carbocycles. The lowest BCUT2D eigenvalue weighted by atomic mass is 9.91. The first-order valence-corrected chi connectivity index (χ1v) is 8.83. The number of methoxy groups -OCH3 is 1. The van der Waals surface area contributed by atoms with Gasteiger partial charge in [-0.3, -0.25) is 4.79 Å². The quantitative estimate of drug-likeness (QED) is 0.894. The minimum absolute atomic E-state index is 0.0217.